The first-order chi connectivity index (χ1) is 10.2. The predicted octanol–water partition coefficient (Wildman–Crippen LogP) is 2.40. The lowest BCUT2D eigenvalue weighted by atomic mass is 9.82. The Morgan fingerprint density at radius 3 is 2.76 bits per heavy atom. The number of hydrogen-bond donors (Lipinski definition) is 3. The fraction of sp³-hybridized carbons (Fsp3) is 0.375. The zero-order chi connectivity index (χ0) is 14.7. The van der Waals surface area contributed by atoms with Crippen LogP contribution in [0.4, 0.5) is 5.69 Å². The summed E-state index contributed by atoms with van der Waals surface area (Å²) in [5.74, 6) is 0.0870. The van der Waals surface area contributed by atoms with Gasteiger partial charge in [-0.1, -0.05) is 12.1 Å². The molecule has 1 saturated heterocycles. The van der Waals surface area contributed by atoms with Gasteiger partial charge in [-0.25, -0.2) is 4.98 Å². The van der Waals surface area contributed by atoms with Crippen LogP contribution in [0.2, 0.25) is 0 Å². The molecule has 3 rings (SSSR count). The van der Waals surface area contributed by atoms with E-state index in [4.69, 9.17) is 0 Å². The van der Waals surface area contributed by atoms with Crippen LogP contribution < -0.4 is 10.6 Å². The Morgan fingerprint density at radius 2 is 2.14 bits per heavy atom. The number of aromatic amines is 1. The van der Waals surface area contributed by atoms with Gasteiger partial charge in [0.05, 0.1) is 23.6 Å². The zero-order valence-electron chi connectivity index (χ0n) is 12.1. The average Bonchev–Trinajstić information content (AvgIpc) is 3.03. The van der Waals surface area contributed by atoms with E-state index in [1.165, 1.54) is 0 Å². The number of nitrogens with one attached hydrogen (secondary N) is 3. The second-order valence-electron chi connectivity index (χ2n) is 5.84. The number of carbonyl (C=O) groups excluding carboxylic acids is 1. The predicted molar refractivity (Wildman–Crippen MR) is 82.9 cm³/mol. The normalized spacial score (nSPS) is 22.0. The van der Waals surface area contributed by atoms with E-state index in [0.29, 0.717) is 0 Å². The Balaban J connectivity index is 1.69. The maximum atomic E-state index is 12.4. The molecule has 1 aliphatic heterocycles. The number of benzene rings is 1. The van der Waals surface area contributed by atoms with E-state index in [-0.39, 0.29) is 11.3 Å². The molecule has 0 bridgehead atoms. The maximum absolute atomic E-state index is 12.4. The quantitative estimate of drug-likeness (QED) is 0.810. The number of hydrogen-bond acceptors (Lipinski definition) is 3. The third-order valence-corrected chi connectivity index (χ3v) is 4.10. The average molecular weight is 284 g/mol. The van der Waals surface area contributed by atoms with Crippen LogP contribution in [0.5, 0.6) is 0 Å². The molecule has 1 unspecified atom stereocenters. The number of amides is 1. The summed E-state index contributed by atoms with van der Waals surface area (Å²) in [6.07, 6.45) is 5.41. The second-order valence-corrected chi connectivity index (χ2v) is 5.84. The smallest absolute Gasteiger partial charge is 0.231 e. The number of H-pyrrole nitrogens is 1. The van der Waals surface area contributed by atoms with Crippen molar-refractivity contribution in [2.45, 2.75) is 19.8 Å². The van der Waals surface area contributed by atoms with Gasteiger partial charge in [0.1, 0.15) is 0 Å². The summed E-state index contributed by atoms with van der Waals surface area (Å²) in [5.41, 5.74) is 2.53. The molecule has 0 saturated carbocycles. The molecule has 3 N–H and O–H groups in total. The Morgan fingerprint density at radius 1 is 1.33 bits per heavy atom. The van der Waals surface area contributed by atoms with Gasteiger partial charge in [0.15, 0.2) is 0 Å². The molecule has 0 spiro atoms. The summed E-state index contributed by atoms with van der Waals surface area (Å²) in [6, 6.07) is 7.80. The Hall–Kier alpha value is -2.14. The molecule has 1 atom stereocenters. The number of carbonyl (C=O) groups is 1. The number of nitrogens with zero attached hydrogens (tertiary/aromatic N) is 1. The van der Waals surface area contributed by atoms with Crippen LogP contribution in [0.1, 0.15) is 19.8 Å². The van der Waals surface area contributed by atoms with Crippen LogP contribution in [0.3, 0.4) is 0 Å². The topological polar surface area (TPSA) is 69.8 Å². The molecular weight excluding hydrogens is 264 g/mol. The molecule has 2 heterocycles. The monoisotopic (exact) mass is 284 g/mol. The van der Waals surface area contributed by atoms with Crippen molar-refractivity contribution in [1.82, 2.24) is 15.3 Å². The van der Waals surface area contributed by atoms with Crippen molar-refractivity contribution in [3.8, 4) is 11.3 Å². The van der Waals surface area contributed by atoms with E-state index in [0.717, 1.165) is 42.9 Å². The number of rotatable bonds is 3. The molecule has 110 valence electrons. The van der Waals surface area contributed by atoms with Crippen molar-refractivity contribution >= 4 is 11.6 Å². The molecule has 1 aliphatic rings. The van der Waals surface area contributed by atoms with Gasteiger partial charge >= 0.3 is 0 Å². The zero-order valence-corrected chi connectivity index (χ0v) is 12.1. The minimum Gasteiger partial charge on any atom is -0.345 e. The van der Waals surface area contributed by atoms with Crippen LogP contribution in [0.25, 0.3) is 11.3 Å². The van der Waals surface area contributed by atoms with Crippen molar-refractivity contribution in [3.05, 3.63) is 36.8 Å². The van der Waals surface area contributed by atoms with E-state index < -0.39 is 0 Å². The third-order valence-electron chi connectivity index (χ3n) is 4.10. The Bertz CT molecular complexity index is 598. The van der Waals surface area contributed by atoms with E-state index in [1.807, 2.05) is 31.2 Å². The highest BCUT2D eigenvalue weighted by Gasteiger charge is 2.34. The highest BCUT2D eigenvalue weighted by molar-refractivity contribution is 5.95. The van der Waals surface area contributed by atoms with Gasteiger partial charge in [-0.15, -0.1) is 0 Å². The van der Waals surface area contributed by atoms with Gasteiger partial charge in [-0.2, -0.15) is 0 Å². The van der Waals surface area contributed by atoms with E-state index >= 15 is 0 Å². The van der Waals surface area contributed by atoms with Crippen molar-refractivity contribution in [2.24, 2.45) is 5.41 Å². The number of imidazole rings is 1. The Labute approximate surface area is 124 Å². The molecular formula is C16H20N4O. The molecule has 0 aliphatic carbocycles. The second kappa shape index (κ2) is 5.69. The fourth-order valence-electron chi connectivity index (χ4n) is 2.68. The highest BCUT2D eigenvalue weighted by atomic mass is 16.2. The van der Waals surface area contributed by atoms with Crippen LogP contribution in [-0.4, -0.2) is 29.0 Å². The maximum Gasteiger partial charge on any atom is 0.231 e. The molecule has 1 amide bonds. The minimum absolute atomic E-state index is 0.0870. The lowest BCUT2D eigenvalue weighted by Crippen LogP contribution is -2.46. The minimum atomic E-state index is -0.319. The largest absolute Gasteiger partial charge is 0.345 e. The third kappa shape index (κ3) is 2.97. The van der Waals surface area contributed by atoms with Crippen LogP contribution in [-0.2, 0) is 4.79 Å². The lowest BCUT2D eigenvalue weighted by molar-refractivity contribution is -0.125. The molecule has 2 aromatic rings. The first kappa shape index (κ1) is 13.8. The first-order valence-electron chi connectivity index (χ1n) is 7.28. The van der Waals surface area contributed by atoms with Crippen molar-refractivity contribution in [1.29, 1.82) is 0 Å². The molecule has 21 heavy (non-hydrogen) atoms. The van der Waals surface area contributed by atoms with Crippen molar-refractivity contribution in [3.63, 3.8) is 0 Å². The number of piperidine rings is 1. The number of aromatic nitrogens is 2. The van der Waals surface area contributed by atoms with E-state index in [9.17, 15) is 4.79 Å². The summed E-state index contributed by atoms with van der Waals surface area (Å²) < 4.78 is 0. The number of anilines is 1. The highest BCUT2D eigenvalue weighted by Crippen LogP contribution is 2.27. The molecule has 5 nitrogen and oxygen atoms in total. The van der Waals surface area contributed by atoms with Crippen molar-refractivity contribution in [2.75, 3.05) is 18.4 Å². The molecule has 5 heteroatoms. The summed E-state index contributed by atoms with van der Waals surface area (Å²) in [6.45, 7) is 3.76. The van der Waals surface area contributed by atoms with Crippen LogP contribution in [0.15, 0.2) is 36.8 Å². The summed E-state index contributed by atoms with van der Waals surface area (Å²) in [4.78, 5) is 19.5. The first-order valence-corrected chi connectivity index (χ1v) is 7.28. The summed E-state index contributed by atoms with van der Waals surface area (Å²) in [5, 5.41) is 6.32. The van der Waals surface area contributed by atoms with Crippen LogP contribution >= 0.6 is 0 Å². The van der Waals surface area contributed by atoms with Gasteiger partial charge in [0.2, 0.25) is 5.91 Å². The van der Waals surface area contributed by atoms with E-state index in [2.05, 4.69) is 20.6 Å². The molecule has 1 aromatic heterocycles. The van der Waals surface area contributed by atoms with Gasteiger partial charge in [0.25, 0.3) is 0 Å². The van der Waals surface area contributed by atoms with E-state index in [1.54, 1.807) is 12.5 Å². The molecule has 0 radical (unpaired) electrons. The van der Waals surface area contributed by atoms with Gasteiger partial charge in [-0.3, -0.25) is 4.79 Å². The van der Waals surface area contributed by atoms with Gasteiger partial charge in [-0.05, 0) is 44.0 Å². The standard InChI is InChI=1S/C16H20N4O/c1-16(7-2-8-17-10-16)15(21)20-13-5-3-12(4-6-13)14-9-18-11-19-14/h3-6,9,11,17H,2,7-8,10H2,1H3,(H,18,19)(H,20,21). The molecule has 1 aromatic carbocycles. The van der Waals surface area contributed by atoms with Gasteiger partial charge in [0, 0.05) is 12.2 Å². The van der Waals surface area contributed by atoms with Crippen LogP contribution in [0, 0.1) is 5.41 Å². The lowest BCUT2D eigenvalue weighted by Gasteiger charge is -2.32. The molecule has 1 fully saturated rings. The summed E-state index contributed by atoms with van der Waals surface area (Å²) >= 11 is 0. The SMILES string of the molecule is CC1(C(=O)Nc2ccc(-c3cnc[nH]3)cc2)CCCNC1. The Kier molecular flexibility index (Phi) is 3.75. The van der Waals surface area contributed by atoms with Gasteiger partial charge < -0.3 is 15.6 Å². The fourth-order valence-corrected chi connectivity index (χ4v) is 2.68. The van der Waals surface area contributed by atoms with Crippen molar-refractivity contribution < 1.29 is 4.79 Å². The summed E-state index contributed by atoms with van der Waals surface area (Å²) in [7, 11) is 0.